The number of hydrogen-bond donors (Lipinski definition) is 2. The van der Waals surface area contributed by atoms with Crippen LogP contribution in [0.2, 0.25) is 0 Å². The predicted molar refractivity (Wildman–Crippen MR) is 137 cm³/mol. The van der Waals surface area contributed by atoms with Gasteiger partial charge < -0.3 is 20.3 Å². The van der Waals surface area contributed by atoms with Crippen LogP contribution in [0.15, 0.2) is 85.5 Å². The Kier molecular flexibility index (Phi) is 5.65. The molecule has 6 rings (SSSR count). The molecule has 3 aromatic heterocycles. The van der Waals surface area contributed by atoms with Gasteiger partial charge >= 0.3 is 0 Å². The van der Waals surface area contributed by atoms with Crippen LogP contribution in [-0.2, 0) is 4.74 Å². The first-order chi connectivity index (χ1) is 17.3. The zero-order valence-electron chi connectivity index (χ0n) is 19.0. The minimum atomic E-state index is 0.466. The van der Waals surface area contributed by atoms with Crippen LogP contribution in [0.1, 0.15) is 0 Å². The topological polar surface area (TPSA) is 93.0 Å². The molecule has 1 fully saturated rings. The lowest BCUT2D eigenvalue weighted by molar-refractivity contribution is 0.122. The molecule has 35 heavy (non-hydrogen) atoms. The van der Waals surface area contributed by atoms with Crippen LogP contribution in [0.4, 0.5) is 28.8 Å². The molecule has 0 spiro atoms. The van der Waals surface area contributed by atoms with Crippen molar-refractivity contribution in [1.82, 2.24) is 24.5 Å². The summed E-state index contributed by atoms with van der Waals surface area (Å²) in [6, 6.07) is 22.1. The Bertz CT molecular complexity index is 1420. The van der Waals surface area contributed by atoms with Gasteiger partial charge in [0.2, 0.25) is 5.95 Å². The second kappa shape index (κ2) is 9.40. The van der Waals surface area contributed by atoms with E-state index in [-0.39, 0.29) is 0 Å². The molecule has 0 saturated carbocycles. The fourth-order valence-corrected chi connectivity index (χ4v) is 4.10. The first kappa shape index (κ1) is 21.1. The Morgan fingerprint density at radius 3 is 2.26 bits per heavy atom. The second-order valence-corrected chi connectivity index (χ2v) is 8.15. The van der Waals surface area contributed by atoms with Crippen molar-refractivity contribution in [2.24, 2.45) is 0 Å². The van der Waals surface area contributed by atoms with E-state index in [1.165, 1.54) is 5.69 Å². The normalized spacial score (nSPS) is 13.7. The Morgan fingerprint density at radius 2 is 1.49 bits per heavy atom. The third-order valence-electron chi connectivity index (χ3n) is 5.87. The van der Waals surface area contributed by atoms with Crippen LogP contribution < -0.4 is 15.5 Å². The number of pyridine rings is 1. The van der Waals surface area contributed by atoms with Crippen molar-refractivity contribution in [2.75, 3.05) is 41.8 Å². The number of rotatable bonds is 6. The van der Waals surface area contributed by atoms with E-state index in [0.29, 0.717) is 22.9 Å². The zero-order chi connectivity index (χ0) is 23.5. The van der Waals surface area contributed by atoms with Gasteiger partial charge in [-0.15, -0.1) is 0 Å². The third-order valence-corrected chi connectivity index (χ3v) is 5.87. The first-order valence-electron chi connectivity index (χ1n) is 11.5. The summed E-state index contributed by atoms with van der Waals surface area (Å²) in [6.45, 7) is 3.33. The summed E-state index contributed by atoms with van der Waals surface area (Å²) in [7, 11) is 0. The van der Waals surface area contributed by atoms with Crippen molar-refractivity contribution in [1.29, 1.82) is 0 Å². The number of para-hydroxylation sites is 1. The molecule has 1 aliphatic heterocycles. The lowest BCUT2D eigenvalue weighted by atomic mass is 10.2. The van der Waals surface area contributed by atoms with Gasteiger partial charge in [0.15, 0.2) is 17.0 Å². The fraction of sp³-hybridized carbons (Fsp3) is 0.154. The van der Waals surface area contributed by atoms with Gasteiger partial charge in [-0.1, -0.05) is 18.2 Å². The van der Waals surface area contributed by atoms with Crippen LogP contribution in [0, 0.1) is 0 Å². The number of fused-ring (bicyclic) bond motifs is 1. The van der Waals surface area contributed by atoms with Gasteiger partial charge in [0.1, 0.15) is 6.33 Å². The van der Waals surface area contributed by atoms with Gasteiger partial charge in [-0.3, -0.25) is 9.55 Å². The van der Waals surface area contributed by atoms with Crippen LogP contribution in [-0.4, -0.2) is 50.8 Å². The molecule has 4 heterocycles. The highest BCUT2D eigenvalue weighted by Crippen LogP contribution is 2.28. The summed E-state index contributed by atoms with van der Waals surface area (Å²) in [5, 5.41) is 6.73. The maximum absolute atomic E-state index is 5.47. The monoisotopic (exact) mass is 464 g/mol. The molecule has 9 nitrogen and oxygen atoms in total. The van der Waals surface area contributed by atoms with Crippen LogP contribution in [0.5, 0.6) is 0 Å². The van der Waals surface area contributed by atoms with Crippen molar-refractivity contribution < 1.29 is 4.74 Å². The maximum atomic E-state index is 5.47. The smallest absolute Gasteiger partial charge is 0.231 e. The molecule has 2 N–H and O–H groups in total. The van der Waals surface area contributed by atoms with Crippen LogP contribution in [0.3, 0.4) is 0 Å². The molecular formula is C26H24N8O. The molecule has 0 atom stereocenters. The summed E-state index contributed by atoms with van der Waals surface area (Å²) >= 11 is 0. The number of aromatic nitrogens is 5. The SMILES string of the molecule is c1ccc(-n2cnc3c(Nc4ccc(N5CCOCC5)cc4)nc(Nc4ccncc4)nc32)cc1. The van der Waals surface area contributed by atoms with E-state index in [1.807, 2.05) is 47.0 Å². The Hall–Kier alpha value is -4.50. The number of ether oxygens (including phenoxy) is 1. The van der Waals surface area contributed by atoms with Gasteiger partial charge in [-0.25, -0.2) is 4.98 Å². The quantitative estimate of drug-likeness (QED) is 0.379. The minimum Gasteiger partial charge on any atom is -0.378 e. The summed E-state index contributed by atoms with van der Waals surface area (Å²) < 4.78 is 7.43. The van der Waals surface area contributed by atoms with Gasteiger partial charge in [-0.05, 0) is 48.5 Å². The highest BCUT2D eigenvalue weighted by atomic mass is 16.5. The molecule has 1 saturated heterocycles. The van der Waals surface area contributed by atoms with Crippen molar-refractivity contribution >= 4 is 40.0 Å². The molecule has 9 heteroatoms. The number of imidazole rings is 1. The van der Waals surface area contributed by atoms with Gasteiger partial charge in [0, 0.05) is 48.2 Å². The molecule has 0 bridgehead atoms. The van der Waals surface area contributed by atoms with Gasteiger partial charge in [0.25, 0.3) is 0 Å². The van der Waals surface area contributed by atoms with E-state index in [2.05, 4.69) is 49.8 Å². The average molecular weight is 465 g/mol. The standard InChI is InChI=1S/C26H24N8O/c1-2-4-22(5-3-1)34-18-28-23-24(31-26(32-25(23)34)30-20-10-12-27-13-11-20)29-19-6-8-21(9-7-19)33-14-16-35-17-15-33/h1-13,18H,14-17H2,(H2,27,29,30,31,32). The van der Waals surface area contributed by atoms with Crippen molar-refractivity contribution in [2.45, 2.75) is 0 Å². The maximum Gasteiger partial charge on any atom is 0.231 e. The lowest BCUT2D eigenvalue weighted by Gasteiger charge is -2.28. The minimum absolute atomic E-state index is 0.466. The van der Waals surface area contributed by atoms with E-state index in [9.17, 15) is 0 Å². The van der Waals surface area contributed by atoms with Crippen LogP contribution in [0.25, 0.3) is 16.9 Å². The largest absolute Gasteiger partial charge is 0.378 e. The van der Waals surface area contributed by atoms with E-state index < -0.39 is 0 Å². The van der Waals surface area contributed by atoms with E-state index in [4.69, 9.17) is 14.7 Å². The zero-order valence-corrected chi connectivity index (χ0v) is 19.0. The molecule has 174 valence electrons. The number of nitrogens with one attached hydrogen (secondary N) is 2. The Balaban J connectivity index is 1.36. The molecule has 1 aliphatic rings. The summed E-state index contributed by atoms with van der Waals surface area (Å²) in [4.78, 5) is 20.6. The molecule has 5 aromatic rings. The van der Waals surface area contributed by atoms with Gasteiger partial charge in [-0.2, -0.15) is 9.97 Å². The number of hydrogen-bond acceptors (Lipinski definition) is 8. The third kappa shape index (κ3) is 4.49. The molecule has 0 radical (unpaired) electrons. The summed E-state index contributed by atoms with van der Waals surface area (Å²) in [6.07, 6.45) is 5.23. The van der Waals surface area contributed by atoms with Crippen molar-refractivity contribution in [3.05, 3.63) is 85.5 Å². The summed E-state index contributed by atoms with van der Waals surface area (Å²) in [5.41, 5.74) is 5.32. The number of anilines is 5. The number of benzene rings is 2. The Labute approximate surface area is 202 Å². The highest BCUT2D eigenvalue weighted by Gasteiger charge is 2.16. The first-order valence-corrected chi connectivity index (χ1v) is 11.5. The van der Waals surface area contributed by atoms with Gasteiger partial charge in [0.05, 0.1) is 13.2 Å². The number of nitrogens with zero attached hydrogens (tertiary/aromatic N) is 6. The van der Waals surface area contributed by atoms with E-state index >= 15 is 0 Å². The molecule has 2 aromatic carbocycles. The Morgan fingerprint density at radius 1 is 0.743 bits per heavy atom. The van der Waals surface area contributed by atoms with E-state index in [0.717, 1.165) is 43.4 Å². The van der Waals surface area contributed by atoms with Crippen LogP contribution >= 0.6 is 0 Å². The molecule has 0 aliphatic carbocycles. The average Bonchev–Trinajstić information content (AvgIpc) is 3.35. The second-order valence-electron chi connectivity index (χ2n) is 8.15. The molecule has 0 unspecified atom stereocenters. The molecular weight excluding hydrogens is 440 g/mol. The van der Waals surface area contributed by atoms with Crippen molar-refractivity contribution in [3.8, 4) is 5.69 Å². The lowest BCUT2D eigenvalue weighted by Crippen LogP contribution is -2.36. The predicted octanol–water partition coefficient (Wildman–Crippen LogP) is 4.53. The highest BCUT2D eigenvalue weighted by molar-refractivity contribution is 5.88. The fourth-order valence-electron chi connectivity index (χ4n) is 4.10. The summed E-state index contributed by atoms with van der Waals surface area (Å²) in [5.74, 6) is 1.09. The van der Waals surface area contributed by atoms with Crippen molar-refractivity contribution in [3.63, 3.8) is 0 Å². The number of morpholine rings is 1. The molecule has 0 amide bonds. The van der Waals surface area contributed by atoms with E-state index in [1.54, 1.807) is 18.7 Å².